The van der Waals surface area contributed by atoms with Crippen LogP contribution in [-0.4, -0.2) is 14.8 Å². The van der Waals surface area contributed by atoms with Crippen LogP contribution in [0.15, 0.2) is 22.9 Å². The third-order valence-electron chi connectivity index (χ3n) is 2.76. The Kier molecular flexibility index (Phi) is 4.57. The number of halogens is 1. The highest BCUT2D eigenvalue weighted by Gasteiger charge is 2.18. The molecular formula is C12H18ClN5O. The largest absolute Gasteiger partial charge is 0.448 e. The van der Waals surface area contributed by atoms with Gasteiger partial charge in [-0.3, -0.25) is 5.84 Å². The van der Waals surface area contributed by atoms with E-state index in [1.165, 1.54) is 0 Å². The molecule has 2 aromatic rings. The lowest BCUT2D eigenvalue weighted by molar-refractivity contribution is 0.396. The Morgan fingerprint density at radius 2 is 2.26 bits per heavy atom. The smallest absolute Gasteiger partial charge is 0.193 e. The van der Waals surface area contributed by atoms with Crippen LogP contribution >= 0.6 is 11.6 Å². The molecule has 2 heterocycles. The summed E-state index contributed by atoms with van der Waals surface area (Å²) in [6.07, 6.45) is 2.15. The van der Waals surface area contributed by atoms with Gasteiger partial charge in [-0.25, -0.2) is 15.1 Å². The first kappa shape index (κ1) is 14.0. The fourth-order valence-corrected chi connectivity index (χ4v) is 2.04. The molecule has 19 heavy (non-hydrogen) atoms. The van der Waals surface area contributed by atoms with E-state index in [9.17, 15) is 0 Å². The lowest BCUT2D eigenvalue weighted by Gasteiger charge is -2.14. The van der Waals surface area contributed by atoms with Crippen molar-refractivity contribution in [3.05, 3.63) is 35.3 Å². The minimum Gasteiger partial charge on any atom is -0.448 e. The van der Waals surface area contributed by atoms with Crippen molar-refractivity contribution >= 4 is 11.6 Å². The number of rotatable bonds is 6. The molecular weight excluding hydrogens is 266 g/mol. The normalized spacial score (nSPS) is 13.1. The first-order valence-electron chi connectivity index (χ1n) is 6.18. The summed E-state index contributed by atoms with van der Waals surface area (Å²) in [4.78, 5) is 4.27. The molecule has 0 aliphatic carbocycles. The van der Waals surface area contributed by atoms with Crippen molar-refractivity contribution in [3.63, 3.8) is 0 Å². The molecule has 6 nitrogen and oxygen atoms in total. The summed E-state index contributed by atoms with van der Waals surface area (Å²) in [7, 11) is 0. The van der Waals surface area contributed by atoms with Crippen LogP contribution in [0, 0.1) is 5.92 Å². The molecule has 0 bridgehead atoms. The zero-order valence-electron chi connectivity index (χ0n) is 11.0. The summed E-state index contributed by atoms with van der Waals surface area (Å²) in [6, 6.07) is 3.32. The van der Waals surface area contributed by atoms with Gasteiger partial charge in [-0.2, -0.15) is 5.10 Å². The summed E-state index contributed by atoms with van der Waals surface area (Å²) in [5.41, 5.74) is 2.72. The van der Waals surface area contributed by atoms with Crippen molar-refractivity contribution in [2.45, 2.75) is 32.9 Å². The number of hydrogen-bond donors (Lipinski definition) is 2. The summed E-state index contributed by atoms with van der Waals surface area (Å²) in [6.45, 7) is 5.10. The van der Waals surface area contributed by atoms with E-state index >= 15 is 0 Å². The Morgan fingerprint density at radius 1 is 1.47 bits per heavy atom. The van der Waals surface area contributed by atoms with Gasteiger partial charge in [-0.15, -0.1) is 0 Å². The number of nitrogens with zero attached hydrogens (tertiary/aromatic N) is 3. The highest BCUT2D eigenvalue weighted by molar-refractivity contribution is 6.28. The maximum atomic E-state index is 5.77. The maximum absolute atomic E-state index is 5.77. The SMILES string of the molecule is CC(C)Cn1ncnc1CC(NN)c1ccc(Cl)o1. The van der Waals surface area contributed by atoms with Gasteiger partial charge in [0, 0.05) is 13.0 Å². The van der Waals surface area contributed by atoms with E-state index in [0.717, 1.165) is 12.4 Å². The van der Waals surface area contributed by atoms with Crippen LogP contribution in [0.5, 0.6) is 0 Å². The van der Waals surface area contributed by atoms with Crippen LogP contribution in [0.1, 0.15) is 31.5 Å². The topological polar surface area (TPSA) is 81.9 Å². The Hall–Kier alpha value is -1.37. The summed E-state index contributed by atoms with van der Waals surface area (Å²) >= 11 is 5.77. The van der Waals surface area contributed by atoms with Gasteiger partial charge >= 0.3 is 0 Å². The molecule has 1 atom stereocenters. The van der Waals surface area contributed by atoms with Crippen LogP contribution < -0.4 is 11.3 Å². The van der Waals surface area contributed by atoms with Crippen molar-refractivity contribution < 1.29 is 4.42 Å². The van der Waals surface area contributed by atoms with Gasteiger partial charge in [0.1, 0.15) is 17.9 Å². The third kappa shape index (κ3) is 3.56. The van der Waals surface area contributed by atoms with Crippen molar-refractivity contribution in [3.8, 4) is 0 Å². The Morgan fingerprint density at radius 3 is 2.84 bits per heavy atom. The van der Waals surface area contributed by atoms with Crippen LogP contribution in [0.4, 0.5) is 0 Å². The molecule has 1 unspecified atom stereocenters. The highest BCUT2D eigenvalue weighted by Crippen LogP contribution is 2.22. The van der Waals surface area contributed by atoms with Gasteiger partial charge in [-0.1, -0.05) is 13.8 Å². The van der Waals surface area contributed by atoms with Gasteiger partial charge in [-0.05, 0) is 29.7 Å². The first-order chi connectivity index (χ1) is 9.10. The minimum absolute atomic E-state index is 0.178. The molecule has 0 saturated carbocycles. The molecule has 0 radical (unpaired) electrons. The second kappa shape index (κ2) is 6.18. The second-order valence-electron chi connectivity index (χ2n) is 4.82. The Labute approximate surface area is 116 Å². The van der Waals surface area contributed by atoms with Gasteiger partial charge in [0.2, 0.25) is 0 Å². The van der Waals surface area contributed by atoms with Gasteiger partial charge in [0.15, 0.2) is 5.22 Å². The molecule has 7 heteroatoms. The fraction of sp³-hybridized carbons (Fsp3) is 0.500. The maximum Gasteiger partial charge on any atom is 0.193 e. The molecule has 104 valence electrons. The first-order valence-corrected chi connectivity index (χ1v) is 6.56. The van der Waals surface area contributed by atoms with E-state index in [1.54, 1.807) is 18.5 Å². The summed E-state index contributed by atoms with van der Waals surface area (Å²) < 4.78 is 7.26. The number of furan rings is 1. The number of nitrogens with one attached hydrogen (secondary N) is 1. The van der Waals surface area contributed by atoms with Gasteiger partial charge in [0.05, 0.1) is 6.04 Å². The number of hydrazine groups is 1. The number of nitrogens with two attached hydrogens (primary N) is 1. The van der Waals surface area contributed by atoms with E-state index in [0.29, 0.717) is 23.3 Å². The molecule has 2 aromatic heterocycles. The lowest BCUT2D eigenvalue weighted by Crippen LogP contribution is -2.30. The van der Waals surface area contributed by atoms with E-state index in [4.69, 9.17) is 21.9 Å². The van der Waals surface area contributed by atoms with Crippen molar-refractivity contribution in [1.29, 1.82) is 0 Å². The standard InChI is InChI=1S/C12H18ClN5O/c1-8(2)6-18-12(15-7-16-18)5-9(17-14)10-3-4-11(13)19-10/h3-4,7-9,17H,5-6,14H2,1-2H3. The van der Waals surface area contributed by atoms with Crippen molar-refractivity contribution in [2.24, 2.45) is 11.8 Å². The monoisotopic (exact) mass is 283 g/mol. The van der Waals surface area contributed by atoms with Crippen molar-refractivity contribution in [1.82, 2.24) is 20.2 Å². The van der Waals surface area contributed by atoms with E-state index in [2.05, 4.69) is 29.4 Å². The molecule has 0 fully saturated rings. The molecule has 0 aliphatic rings. The summed E-state index contributed by atoms with van der Waals surface area (Å²) in [5, 5.41) is 4.57. The van der Waals surface area contributed by atoms with Crippen LogP contribution in [0.3, 0.4) is 0 Å². The lowest BCUT2D eigenvalue weighted by atomic mass is 10.1. The summed E-state index contributed by atoms with van der Waals surface area (Å²) in [5.74, 6) is 7.63. The Bertz CT molecular complexity index is 522. The van der Waals surface area contributed by atoms with Crippen LogP contribution in [-0.2, 0) is 13.0 Å². The minimum atomic E-state index is -0.178. The molecule has 0 saturated heterocycles. The predicted octanol–water partition coefficient (Wildman–Crippen LogP) is 1.93. The van der Waals surface area contributed by atoms with Crippen LogP contribution in [0.2, 0.25) is 5.22 Å². The predicted molar refractivity (Wildman–Crippen MR) is 72.3 cm³/mol. The highest BCUT2D eigenvalue weighted by atomic mass is 35.5. The average Bonchev–Trinajstić information content (AvgIpc) is 2.95. The number of aromatic nitrogens is 3. The quantitative estimate of drug-likeness (QED) is 0.625. The Balaban J connectivity index is 2.12. The second-order valence-corrected chi connectivity index (χ2v) is 5.19. The van der Waals surface area contributed by atoms with E-state index in [1.807, 2.05) is 4.68 Å². The molecule has 0 amide bonds. The third-order valence-corrected chi connectivity index (χ3v) is 2.96. The van der Waals surface area contributed by atoms with Crippen molar-refractivity contribution in [2.75, 3.05) is 0 Å². The zero-order chi connectivity index (χ0) is 13.8. The van der Waals surface area contributed by atoms with E-state index in [-0.39, 0.29) is 6.04 Å². The molecule has 2 rings (SSSR count). The van der Waals surface area contributed by atoms with Crippen LogP contribution in [0.25, 0.3) is 0 Å². The fourth-order valence-electron chi connectivity index (χ4n) is 1.88. The van der Waals surface area contributed by atoms with Gasteiger partial charge in [0.25, 0.3) is 0 Å². The molecule has 0 aromatic carbocycles. The molecule has 0 spiro atoms. The molecule has 0 aliphatic heterocycles. The number of hydrogen-bond acceptors (Lipinski definition) is 5. The average molecular weight is 284 g/mol. The van der Waals surface area contributed by atoms with E-state index < -0.39 is 0 Å². The van der Waals surface area contributed by atoms with Gasteiger partial charge < -0.3 is 4.42 Å². The molecule has 3 N–H and O–H groups in total. The zero-order valence-corrected chi connectivity index (χ0v) is 11.8.